The minimum Gasteiger partial charge on any atom is -0.298 e. The monoisotopic (exact) mass is 240 g/mol. The van der Waals surface area contributed by atoms with Crippen molar-refractivity contribution in [3.05, 3.63) is 30.1 Å². The first-order valence-corrected chi connectivity index (χ1v) is 6.63. The fourth-order valence-corrected chi connectivity index (χ4v) is 3.66. The smallest absolute Gasteiger partial charge is 0.157 e. The SMILES string of the molecule is N#CC(C(=O)C1CC2CCC1C2)c1cccnc1. The summed E-state index contributed by atoms with van der Waals surface area (Å²) in [5.74, 6) is 0.890. The zero-order chi connectivity index (χ0) is 12.5. The van der Waals surface area contributed by atoms with E-state index in [-0.39, 0.29) is 11.7 Å². The van der Waals surface area contributed by atoms with Crippen molar-refractivity contribution >= 4 is 5.78 Å². The van der Waals surface area contributed by atoms with Gasteiger partial charge in [-0.15, -0.1) is 0 Å². The van der Waals surface area contributed by atoms with Crippen LogP contribution < -0.4 is 0 Å². The van der Waals surface area contributed by atoms with Gasteiger partial charge in [0.1, 0.15) is 5.92 Å². The van der Waals surface area contributed by atoms with Gasteiger partial charge in [0.15, 0.2) is 5.78 Å². The molecule has 0 N–H and O–H groups in total. The van der Waals surface area contributed by atoms with Gasteiger partial charge in [0.2, 0.25) is 0 Å². The van der Waals surface area contributed by atoms with Crippen LogP contribution in [-0.2, 0) is 4.79 Å². The average molecular weight is 240 g/mol. The highest BCUT2D eigenvalue weighted by Gasteiger charge is 2.44. The molecule has 0 radical (unpaired) electrons. The number of nitrogens with zero attached hydrogens (tertiary/aromatic N) is 2. The number of pyridine rings is 1. The highest BCUT2D eigenvalue weighted by Crippen LogP contribution is 2.49. The third kappa shape index (κ3) is 1.82. The number of carbonyl (C=O) groups excluding carboxylic acids is 1. The molecule has 4 atom stereocenters. The lowest BCUT2D eigenvalue weighted by Gasteiger charge is -2.22. The quantitative estimate of drug-likeness (QED) is 0.816. The fourth-order valence-electron chi connectivity index (χ4n) is 3.66. The third-order valence-electron chi connectivity index (χ3n) is 4.53. The van der Waals surface area contributed by atoms with E-state index in [0.717, 1.165) is 17.9 Å². The molecule has 2 fully saturated rings. The maximum atomic E-state index is 12.5. The Morgan fingerprint density at radius 3 is 2.89 bits per heavy atom. The Kier molecular flexibility index (Phi) is 2.87. The molecule has 1 aromatic rings. The van der Waals surface area contributed by atoms with E-state index in [1.807, 2.05) is 6.07 Å². The summed E-state index contributed by atoms with van der Waals surface area (Å²) in [7, 11) is 0. The molecular weight excluding hydrogens is 224 g/mol. The summed E-state index contributed by atoms with van der Waals surface area (Å²) >= 11 is 0. The van der Waals surface area contributed by atoms with E-state index < -0.39 is 5.92 Å². The van der Waals surface area contributed by atoms with Gasteiger partial charge in [-0.1, -0.05) is 12.5 Å². The molecule has 3 rings (SSSR count). The van der Waals surface area contributed by atoms with E-state index in [4.69, 9.17) is 0 Å². The van der Waals surface area contributed by atoms with Crippen molar-refractivity contribution in [2.75, 3.05) is 0 Å². The van der Waals surface area contributed by atoms with Crippen LogP contribution in [0.15, 0.2) is 24.5 Å². The summed E-state index contributed by atoms with van der Waals surface area (Å²) in [5, 5.41) is 9.28. The predicted molar refractivity (Wildman–Crippen MR) is 66.5 cm³/mol. The van der Waals surface area contributed by atoms with Crippen LogP contribution in [-0.4, -0.2) is 10.8 Å². The van der Waals surface area contributed by atoms with Gasteiger partial charge >= 0.3 is 0 Å². The molecule has 0 amide bonds. The predicted octanol–water partition coefficient (Wildman–Crippen LogP) is 2.69. The third-order valence-corrected chi connectivity index (χ3v) is 4.53. The van der Waals surface area contributed by atoms with Crippen LogP contribution in [0.2, 0.25) is 0 Å². The van der Waals surface area contributed by atoms with Crippen molar-refractivity contribution < 1.29 is 4.79 Å². The largest absolute Gasteiger partial charge is 0.298 e. The van der Waals surface area contributed by atoms with Crippen molar-refractivity contribution in [1.29, 1.82) is 5.26 Å². The lowest BCUT2D eigenvalue weighted by atomic mass is 9.79. The van der Waals surface area contributed by atoms with Gasteiger partial charge in [-0.05, 0) is 42.7 Å². The molecule has 2 aliphatic rings. The molecule has 2 bridgehead atoms. The van der Waals surface area contributed by atoms with Crippen LogP contribution >= 0.6 is 0 Å². The number of hydrogen-bond donors (Lipinski definition) is 0. The Labute approximate surface area is 107 Å². The van der Waals surface area contributed by atoms with E-state index >= 15 is 0 Å². The Balaban J connectivity index is 1.81. The molecule has 2 aliphatic carbocycles. The van der Waals surface area contributed by atoms with Gasteiger partial charge in [-0.3, -0.25) is 9.78 Å². The molecule has 3 nitrogen and oxygen atoms in total. The molecule has 2 saturated carbocycles. The highest BCUT2D eigenvalue weighted by atomic mass is 16.1. The molecule has 0 aromatic carbocycles. The summed E-state index contributed by atoms with van der Waals surface area (Å²) in [5.41, 5.74) is 0.743. The van der Waals surface area contributed by atoms with E-state index in [1.165, 1.54) is 19.3 Å². The Morgan fingerprint density at radius 2 is 2.33 bits per heavy atom. The molecule has 1 heterocycles. The highest BCUT2D eigenvalue weighted by molar-refractivity contribution is 5.90. The topological polar surface area (TPSA) is 53.8 Å². The van der Waals surface area contributed by atoms with E-state index in [2.05, 4.69) is 11.1 Å². The van der Waals surface area contributed by atoms with Gasteiger partial charge in [0.25, 0.3) is 0 Å². The van der Waals surface area contributed by atoms with Crippen LogP contribution in [0, 0.1) is 29.1 Å². The zero-order valence-corrected chi connectivity index (χ0v) is 10.2. The molecule has 92 valence electrons. The molecule has 18 heavy (non-hydrogen) atoms. The van der Waals surface area contributed by atoms with Gasteiger partial charge in [0.05, 0.1) is 6.07 Å². The van der Waals surface area contributed by atoms with Crippen LogP contribution in [0.1, 0.15) is 37.2 Å². The van der Waals surface area contributed by atoms with Gasteiger partial charge < -0.3 is 0 Å². The standard InChI is InChI=1S/C15H16N2O/c16-8-14(12-2-1-5-17-9-12)15(18)13-7-10-3-4-11(13)6-10/h1-2,5,9-11,13-14H,3-4,6-7H2. The zero-order valence-electron chi connectivity index (χ0n) is 10.2. The Morgan fingerprint density at radius 1 is 1.44 bits per heavy atom. The molecule has 3 heteroatoms. The minimum absolute atomic E-state index is 0.119. The van der Waals surface area contributed by atoms with Crippen LogP contribution in [0.4, 0.5) is 0 Å². The Bertz CT molecular complexity index is 491. The summed E-state index contributed by atoms with van der Waals surface area (Å²) in [6.45, 7) is 0. The number of fused-ring (bicyclic) bond motifs is 2. The number of hydrogen-bond acceptors (Lipinski definition) is 3. The molecule has 0 spiro atoms. The molecule has 4 unspecified atom stereocenters. The van der Waals surface area contributed by atoms with Gasteiger partial charge in [-0.2, -0.15) is 5.26 Å². The molecular formula is C15H16N2O. The van der Waals surface area contributed by atoms with E-state index in [1.54, 1.807) is 18.5 Å². The molecule has 0 saturated heterocycles. The number of rotatable bonds is 3. The number of aromatic nitrogens is 1. The lowest BCUT2D eigenvalue weighted by Crippen LogP contribution is -2.26. The van der Waals surface area contributed by atoms with E-state index in [9.17, 15) is 10.1 Å². The molecule has 1 aromatic heterocycles. The first-order valence-electron chi connectivity index (χ1n) is 6.63. The summed E-state index contributed by atoms with van der Waals surface area (Å²) in [6, 6.07) is 5.78. The van der Waals surface area contributed by atoms with Gasteiger partial charge in [-0.25, -0.2) is 0 Å². The first-order chi connectivity index (χ1) is 8.79. The van der Waals surface area contributed by atoms with Crippen molar-refractivity contribution in [3.63, 3.8) is 0 Å². The first kappa shape index (κ1) is 11.4. The second kappa shape index (κ2) is 4.53. The van der Waals surface area contributed by atoms with Crippen molar-refractivity contribution in [2.24, 2.45) is 17.8 Å². The van der Waals surface area contributed by atoms with Crippen molar-refractivity contribution in [1.82, 2.24) is 4.98 Å². The number of ketones is 1. The average Bonchev–Trinajstić information content (AvgIpc) is 3.03. The van der Waals surface area contributed by atoms with Gasteiger partial charge in [0, 0.05) is 18.3 Å². The van der Waals surface area contributed by atoms with Crippen LogP contribution in [0.25, 0.3) is 0 Å². The number of nitriles is 1. The lowest BCUT2D eigenvalue weighted by molar-refractivity contribution is -0.124. The summed E-state index contributed by atoms with van der Waals surface area (Å²) in [4.78, 5) is 16.5. The summed E-state index contributed by atoms with van der Waals surface area (Å²) in [6.07, 6.45) is 7.95. The van der Waals surface area contributed by atoms with Crippen molar-refractivity contribution in [3.8, 4) is 6.07 Å². The maximum Gasteiger partial charge on any atom is 0.157 e. The van der Waals surface area contributed by atoms with Crippen molar-refractivity contribution in [2.45, 2.75) is 31.6 Å². The number of Topliss-reactive ketones (excluding diaryl/α,β-unsaturated/α-hetero) is 1. The Hall–Kier alpha value is -1.69. The normalized spacial score (nSPS) is 30.9. The summed E-state index contributed by atoms with van der Waals surface area (Å²) < 4.78 is 0. The second-order valence-corrected chi connectivity index (χ2v) is 5.53. The van der Waals surface area contributed by atoms with Crippen LogP contribution in [0.3, 0.4) is 0 Å². The minimum atomic E-state index is -0.622. The maximum absolute atomic E-state index is 12.5. The second-order valence-electron chi connectivity index (χ2n) is 5.53. The van der Waals surface area contributed by atoms with E-state index in [0.29, 0.717) is 5.92 Å². The molecule has 0 aliphatic heterocycles. The fraction of sp³-hybridized carbons (Fsp3) is 0.533. The number of carbonyl (C=O) groups is 1. The van der Waals surface area contributed by atoms with Crippen LogP contribution in [0.5, 0.6) is 0 Å².